The van der Waals surface area contributed by atoms with E-state index in [1.807, 2.05) is 12.1 Å². The van der Waals surface area contributed by atoms with E-state index in [1.165, 1.54) is 31.2 Å². The molecule has 1 N–H and O–H groups in total. The summed E-state index contributed by atoms with van der Waals surface area (Å²) in [5, 5.41) is 3.67. The molecule has 0 spiro atoms. The predicted molar refractivity (Wildman–Crippen MR) is 78.2 cm³/mol. The van der Waals surface area contributed by atoms with Gasteiger partial charge < -0.3 is 14.8 Å². The fraction of sp³-hybridized carbons (Fsp3) is 0.625. The fourth-order valence-corrected chi connectivity index (χ4v) is 3.04. The third kappa shape index (κ3) is 3.21. The molecule has 2 rings (SSSR count). The van der Waals surface area contributed by atoms with Crippen LogP contribution in [0.3, 0.4) is 0 Å². The summed E-state index contributed by atoms with van der Waals surface area (Å²) in [5.74, 6) is 2.43. The van der Waals surface area contributed by atoms with Crippen LogP contribution in [-0.2, 0) is 0 Å². The van der Waals surface area contributed by atoms with Crippen molar-refractivity contribution in [2.45, 2.75) is 44.6 Å². The highest BCUT2D eigenvalue weighted by Gasteiger charge is 2.30. The van der Waals surface area contributed by atoms with Crippen molar-refractivity contribution in [3.05, 3.63) is 23.8 Å². The van der Waals surface area contributed by atoms with Crippen LogP contribution in [-0.4, -0.2) is 26.8 Å². The van der Waals surface area contributed by atoms with Gasteiger partial charge in [-0.3, -0.25) is 0 Å². The molecule has 0 aliphatic heterocycles. The van der Waals surface area contributed by atoms with E-state index in [2.05, 4.69) is 18.3 Å². The van der Waals surface area contributed by atoms with Crippen LogP contribution >= 0.6 is 0 Å². The largest absolute Gasteiger partial charge is 0.497 e. The zero-order valence-electron chi connectivity index (χ0n) is 12.2. The molecule has 0 heterocycles. The van der Waals surface area contributed by atoms with Crippen molar-refractivity contribution in [2.24, 2.45) is 0 Å². The molecule has 1 aliphatic carbocycles. The van der Waals surface area contributed by atoms with E-state index >= 15 is 0 Å². The minimum Gasteiger partial charge on any atom is -0.497 e. The van der Waals surface area contributed by atoms with Crippen LogP contribution in [0.1, 0.15) is 44.1 Å². The van der Waals surface area contributed by atoms with Gasteiger partial charge in [-0.25, -0.2) is 0 Å². The van der Waals surface area contributed by atoms with E-state index in [1.54, 1.807) is 14.2 Å². The number of hydrogen-bond acceptors (Lipinski definition) is 3. The van der Waals surface area contributed by atoms with E-state index < -0.39 is 0 Å². The summed E-state index contributed by atoms with van der Waals surface area (Å²) in [4.78, 5) is 0. The maximum atomic E-state index is 5.53. The maximum absolute atomic E-state index is 5.53. The molecule has 106 valence electrons. The molecule has 2 atom stereocenters. The van der Waals surface area contributed by atoms with Crippen LogP contribution in [0, 0.1) is 0 Å². The van der Waals surface area contributed by atoms with Gasteiger partial charge in [0.25, 0.3) is 0 Å². The zero-order valence-corrected chi connectivity index (χ0v) is 12.2. The predicted octanol–water partition coefficient (Wildman–Crippen LogP) is 3.34. The standard InChI is InChI=1S/C16H25NO2/c1-4-10-17-15-7-5-6-13(15)14-11-12(18-2)8-9-16(14)19-3/h8-9,11,13,15,17H,4-7,10H2,1-3H3. The monoisotopic (exact) mass is 263 g/mol. The Morgan fingerprint density at radius 3 is 2.74 bits per heavy atom. The van der Waals surface area contributed by atoms with Crippen molar-refractivity contribution >= 4 is 0 Å². The Hall–Kier alpha value is -1.22. The number of rotatable bonds is 6. The van der Waals surface area contributed by atoms with E-state index in [0.717, 1.165) is 18.0 Å². The molecule has 3 heteroatoms. The van der Waals surface area contributed by atoms with Gasteiger partial charge >= 0.3 is 0 Å². The van der Waals surface area contributed by atoms with Crippen molar-refractivity contribution in [1.29, 1.82) is 0 Å². The number of methoxy groups -OCH3 is 2. The lowest BCUT2D eigenvalue weighted by atomic mass is 9.93. The summed E-state index contributed by atoms with van der Waals surface area (Å²) in [6.07, 6.45) is 4.95. The highest BCUT2D eigenvalue weighted by molar-refractivity contribution is 5.43. The molecule has 0 aromatic heterocycles. The topological polar surface area (TPSA) is 30.5 Å². The number of nitrogens with one attached hydrogen (secondary N) is 1. The lowest BCUT2D eigenvalue weighted by Gasteiger charge is -2.23. The van der Waals surface area contributed by atoms with Gasteiger partial charge in [-0.15, -0.1) is 0 Å². The molecular weight excluding hydrogens is 238 g/mol. The zero-order chi connectivity index (χ0) is 13.7. The molecular formula is C16H25NO2. The van der Waals surface area contributed by atoms with Crippen LogP contribution in [0.2, 0.25) is 0 Å². The first kappa shape index (κ1) is 14.2. The van der Waals surface area contributed by atoms with Gasteiger partial charge in [0.1, 0.15) is 11.5 Å². The molecule has 0 radical (unpaired) electrons. The minimum absolute atomic E-state index is 0.539. The van der Waals surface area contributed by atoms with Crippen molar-refractivity contribution in [3.63, 3.8) is 0 Å². The molecule has 1 fully saturated rings. The third-order valence-corrected chi connectivity index (χ3v) is 4.01. The number of ether oxygens (including phenoxy) is 2. The van der Waals surface area contributed by atoms with Crippen molar-refractivity contribution < 1.29 is 9.47 Å². The molecule has 2 unspecified atom stereocenters. The second-order valence-corrected chi connectivity index (χ2v) is 5.21. The number of hydrogen-bond donors (Lipinski definition) is 1. The molecule has 1 saturated carbocycles. The van der Waals surface area contributed by atoms with Crippen LogP contribution in [0.15, 0.2) is 18.2 Å². The molecule has 0 saturated heterocycles. The lowest BCUT2D eigenvalue weighted by molar-refractivity contribution is 0.388. The third-order valence-electron chi connectivity index (χ3n) is 4.01. The van der Waals surface area contributed by atoms with Crippen LogP contribution < -0.4 is 14.8 Å². The van der Waals surface area contributed by atoms with Gasteiger partial charge in [-0.05, 0) is 44.0 Å². The van der Waals surface area contributed by atoms with E-state index in [-0.39, 0.29) is 0 Å². The average molecular weight is 263 g/mol. The minimum atomic E-state index is 0.539. The van der Waals surface area contributed by atoms with Gasteiger partial charge in [-0.1, -0.05) is 13.3 Å². The quantitative estimate of drug-likeness (QED) is 0.854. The highest BCUT2D eigenvalue weighted by atomic mass is 16.5. The second kappa shape index (κ2) is 6.80. The van der Waals surface area contributed by atoms with Crippen LogP contribution in [0.25, 0.3) is 0 Å². The number of benzene rings is 1. The molecule has 1 aromatic rings. The SMILES string of the molecule is CCCNC1CCCC1c1cc(OC)ccc1OC. The molecule has 0 amide bonds. The molecule has 0 bridgehead atoms. The van der Waals surface area contributed by atoms with Crippen LogP contribution in [0.4, 0.5) is 0 Å². The molecule has 3 nitrogen and oxygen atoms in total. The average Bonchev–Trinajstić information content (AvgIpc) is 2.92. The van der Waals surface area contributed by atoms with Gasteiger partial charge in [0.2, 0.25) is 0 Å². The molecule has 1 aromatic carbocycles. The highest BCUT2D eigenvalue weighted by Crippen LogP contribution is 2.40. The summed E-state index contributed by atoms with van der Waals surface area (Å²) >= 11 is 0. The summed E-state index contributed by atoms with van der Waals surface area (Å²) in [6, 6.07) is 6.69. The Bertz CT molecular complexity index is 406. The Labute approximate surface area is 116 Å². The smallest absolute Gasteiger partial charge is 0.122 e. The molecule has 1 aliphatic rings. The van der Waals surface area contributed by atoms with Gasteiger partial charge in [0.05, 0.1) is 14.2 Å². The first-order valence-corrected chi connectivity index (χ1v) is 7.25. The van der Waals surface area contributed by atoms with Crippen molar-refractivity contribution in [3.8, 4) is 11.5 Å². The van der Waals surface area contributed by atoms with E-state index in [0.29, 0.717) is 12.0 Å². The Morgan fingerprint density at radius 2 is 2.05 bits per heavy atom. The summed E-state index contributed by atoms with van der Waals surface area (Å²) in [6.45, 7) is 3.30. The van der Waals surface area contributed by atoms with E-state index in [4.69, 9.17) is 9.47 Å². The van der Waals surface area contributed by atoms with Crippen molar-refractivity contribution in [1.82, 2.24) is 5.32 Å². The molecule has 19 heavy (non-hydrogen) atoms. The summed E-state index contributed by atoms with van der Waals surface area (Å²) in [5.41, 5.74) is 1.29. The Balaban J connectivity index is 2.23. The van der Waals surface area contributed by atoms with E-state index in [9.17, 15) is 0 Å². The first-order chi connectivity index (χ1) is 9.30. The normalized spacial score (nSPS) is 22.5. The van der Waals surface area contributed by atoms with Crippen molar-refractivity contribution in [2.75, 3.05) is 20.8 Å². The van der Waals surface area contributed by atoms with Gasteiger partial charge in [0.15, 0.2) is 0 Å². The Morgan fingerprint density at radius 1 is 1.21 bits per heavy atom. The van der Waals surface area contributed by atoms with Gasteiger partial charge in [-0.2, -0.15) is 0 Å². The fourth-order valence-electron chi connectivity index (χ4n) is 3.04. The summed E-state index contributed by atoms with van der Waals surface area (Å²) < 4.78 is 10.9. The Kier molecular flexibility index (Phi) is 5.08. The summed E-state index contributed by atoms with van der Waals surface area (Å²) in [7, 11) is 3.46. The van der Waals surface area contributed by atoms with Gasteiger partial charge in [0, 0.05) is 17.5 Å². The second-order valence-electron chi connectivity index (χ2n) is 5.21. The lowest BCUT2D eigenvalue weighted by Crippen LogP contribution is -2.31. The first-order valence-electron chi connectivity index (χ1n) is 7.25. The van der Waals surface area contributed by atoms with Crippen LogP contribution in [0.5, 0.6) is 11.5 Å². The maximum Gasteiger partial charge on any atom is 0.122 e.